The van der Waals surface area contributed by atoms with Crippen LogP contribution in [0.2, 0.25) is 0 Å². The maximum absolute atomic E-state index is 10.2. The van der Waals surface area contributed by atoms with E-state index >= 15 is 0 Å². The zero-order valence-electron chi connectivity index (χ0n) is 7.50. The van der Waals surface area contributed by atoms with E-state index in [9.17, 15) is 5.11 Å². The summed E-state index contributed by atoms with van der Waals surface area (Å²) < 4.78 is 0. The van der Waals surface area contributed by atoms with E-state index in [0.717, 1.165) is 5.56 Å². The zero-order valence-corrected chi connectivity index (χ0v) is 7.50. The van der Waals surface area contributed by atoms with E-state index in [4.69, 9.17) is 0 Å². The van der Waals surface area contributed by atoms with Gasteiger partial charge in [0, 0.05) is 0 Å². The molecule has 0 aromatic heterocycles. The fourth-order valence-corrected chi connectivity index (χ4v) is 1.13. The molecule has 0 saturated carbocycles. The summed E-state index contributed by atoms with van der Waals surface area (Å²) in [4.78, 5) is 0. The van der Waals surface area contributed by atoms with Crippen LogP contribution in [0.1, 0.15) is 16.7 Å². The molecule has 1 aromatic rings. The SMILES string of the molecule is Cc1cccc(C=CC[O])c1C. The highest BCUT2D eigenvalue weighted by molar-refractivity contribution is 5.55. The molecule has 0 aliphatic carbocycles. The van der Waals surface area contributed by atoms with Crippen molar-refractivity contribution in [3.63, 3.8) is 0 Å². The summed E-state index contributed by atoms with van der Waals surface area (Å²) in [5.41, 5.74) is 3.66. The third kappa shape index (κ3) is 1.95. The van der Waals surface area contributed by atoms with Crippen LogP contribution in [0, 0.1) is 13.8 Å². The Hall–Kier alpha value is -1.08. The molecule has 0 saturated heterocycles. The van der Waals surface area contributed by atoms with Gasteiger partial charge >= 0.3 is 0 Å². The zero-order chi connectivity index (χ0) is 8.97. The third-order valence-electron chi connectivity index (χ3n) is 2.04. The quantitative estimate of drug-likeness (QED) is 0.635. The minimum atomic E-state index is -0.145. The molecular formula is C11H13O. The van der Waals surface area contributed by atoms with Crippen molar-refractivity contribution in [1.82, 2.24) is 0 Å². The van der Waals surface area contributed by atoms with Crippen LogP contribution in [0.3, 0.4) is 0 Å². The van der Waals surface area contributed by atoms with Crippen molar-refractivity contribution < 1.29 is 5.11 Å². The summed E-state index contributed by atoms with van der Waals surface area (Å²) in [6, 6.07) is 6.10. The predicted octanol–water partition coefficient (Wildman–Crippen LogP) is 2.75. The van der Waals surface area contributed by atoms with Gasteiger partial charge in [-0.3, -0.25) is 0 Å². The number of hydrogen-bond donors (Lipinski definition) is 0. The van der Waals surface area contributed by atoms with Crippen LogP contribution in [0.25, 0.3) is 6.08 Å². The normalized spacial score (nSPS) is 10.9. The van der Waals surface area contributed by atoms with Crippen molar-refractivity contribution in [2.24, 2.45) is 0 Å². The van der Waals surface area contributed by atoms with Gasteiger partial charge in [0.2, 0.25) is 0 Å². The first-order valence-corrected chi connectivity index (χ1v) is 4.06. The largest absolute Gasteiger partial charge is 0.232 e. The molecule has 0 N–H and O–H groups in total. The first kappa shape index (κ1) is 9.01. The van der Waals surface area contributed by atoms with Crippen molar-refractivity contribution in [1.29, 1.82) is 0 Å². The van der Waals surface area contributed by atoms with Crippen LogP contribution in [0.4, 0.5) is 0 Å². The number of benzene rings is 1. The summed E-state index contributed by atoms with van der Waals surface area (Å²) >= 11 is 0. The van der Waals surface area contributed by atoms with Gasteiger partial charge < -0.3 is 0 Å². The molecule has 1 heteroatoms. The molecule has 63 valence electrons. The highest BCUT2D eigenvalue weighted by Crippen LogP contribution is 2.13. The second-order valence-corrected chi connectivity index (χ2v) is 2.86. The summed E-state index contributed by atoms with van der Waals surface area (Å²) in [5, 5.41) is 10.2. The van der Waals surface area contributed by atoms with E-state index in [1.165, 1.54) is 11.1 Å². The van der Waals surface area contributed by atoms with E-state index in [-0.39, 0.29) is 6.61 Å². The van der Waals surface area contributed by atoms with E-state index < -0.39 is 0 Å². The number of rotatable bonds is 2. The number of aryl methyl sites for hydroxylation is 1. The molecule has 0 unspecified atom stereocenters. The second-order valence-electron chi connectivity index (χ2n) is 2.86. The Bertz CT molecular complexity index is 287. The molecular weight excluding hydrogens is 148 g/mol. The smallest absolute Gasteiger partial charge is 0.101 e. The molecule has 1 radical (unpaired) electrons. The molecule has 0 atom stereocenters. The van der Waals surface area contributed by atoms with Gasteiger partial charge in [-0.2, -0.15) is 0 Å². The van der Waals surface area contributed by atoms with Crippen LogP contribution >= 0.6 is 0 Å². The van der Waals surface area contributed by atoms with E-state index in [1.54, 1.807) is 6.08 Å². The second kappa shape index (κ2) is 4.07. The fraction of sp³-hybridized carbons (Fsp3) is 0.273. The average molecular weight is 161 g/mol. The maximum atomic E-state index is 10.2. The lowest BCUT2D eigenvalue weighted by Gasteiger charge is -2.02. The fourth-order valence-electron chi connectivity index (χ4n) is 1.13. The molecule has 1 rings (SSSR count). The Kier molecular flexibility index (Phi) is 3.06. The van der Waals surface area contributed by atoms with Crippen molar-refractivity contribution in [2.45, 2.75) is 13.8 Å². The van der Waals surface area contributed by atoms with Gasteiger partial charge in [-0.1, -0.05) is 30.4 Å². The summed E-state index contributed by atoms with van der Waals surface area (Å²) in [6.45, 7) is 4.00. The van der Waals surface area contributed by atoms with Gasteiger partial charge in [0.15, 0.2) is 0 Å². The summed E-state index contributed by atoms with van der Waals surface area (Å²) in [5.74, 6) is 0. The van der Waals surface area contributed by atoms with Gasteiger partial charge in [-0.15, -0.1) is 0 Å². The lowest BCUT2D eigenvalue weighted by Crippen LogP contribution is -1.84. The summed E-state index contributed by atoms with van der Waals surface area (Å²) in [7, 11) is 0. The lowest BCUT2D eigenvalue weighted by atomic mass is 10.0. The summed E-state index contributed by atoms with van der Waals surface area (Å²) in [6.07, 6.45) is 3.52. The van der Waals surface area contributed by atoms with Crippen LogP contribution in [0.15, 0.2) is 24.3 Å². The topological polar surface area (TPSA) is 19.9 Å². The van der Waals surface area contributed by atoms with Crippen LogP contribution in [-0.2, 0) is 5.11 Å². The van der Waals surface area contributed by atoms with Gasteiger partial charge in [-0.05, 0) is 30.5 Å². The Morgan fingerprint density at radius 3 is 2.75 bits per heavy atom. The standard InChI is InChI=1S/C11H13O/c1-9-5-3-6-11(10(9)2)7-4-8-12/h3-7H,8H2,1-2H3. The molecule has 1 aromatic carbocycles. The van der Waals surface area contributed by atoms with Crippen LogP contribution in [0.5, 0.6) is 0 Å². The first-order valence-electron chi connectivity index (χ1n) is 4.06. The van der Waals surface area contributed by atoms with E-state index in [2.05, 4.69) is 19.9 Å². The first-order chi connectivity index (χ1) is 5.75. The molecule has 12 heavy (non-hydrogen) atoms. The van der Waals surface area contributed by atoms with Gasteiger partial charge in [0.05, 0.1) is 0 Å². The maximum Gasteiger partial charge on any atom is 0.101 e. The molecule has 0 fully saturated rings. The predicted molar refractivity (Wildman–Crippen MR) is 50.5 cm³/mol. The van der Waals surface area contributed by atoms with Crippen molar-refractivity contribution >= 4 is 6.08 Å². The molecule has 0 heterocycles. The minimum Gasteiger partial charge on any atom is -0.232 e. The van der Waals surface area contributed by atoms with Crippen molar-refractivity contribution in [3.8, 4) is 0 Å². The highest BCUT2D eigenvalue weighted by atomic mass is 16.2. The molecule has 1 nitrogen and oxygen atoms in total. The third-order valence-corrected chi connectivity index (χ3v) is 2.04. The van der Waals surface area contributed by atoms with Gasteiger partial charge in [0.25, 0.3) is 0 Å². The Balaban J connectivity index is 3.00. The van der Waals surface area contributed by atoms with Crippen molar-refractivity contribution in [3.05, 3.63) is 41.0 Å². The van der Waals surface area contributed by atoms with Crippen molar-refractivity contribution in [2.75, 3.05) is 6.61 Å². The Morgan fingerprint density at radius 1 is 1.33 bits per heavy atom. The average Bonchev–Trinajstić information content (AvgIpc) is 2.08. The van der Waals surface area contributed by atoms with Crippen LogP contribution < -0.4 is 0 Å². The molecule has 0 bridgehead atoms. The minimum absolute atomic E-state index is 0.145. The molecule has 0 amide bonds. The van der Waals surface area contributed by atoms with E-state index in [1.807, 2.05) is 18.2 Å². The van der Waals surface area contributed by atoms with Crippen LogP contribution in [-0.4, -0.2) is 6.61 Å². The monoisotopic (exact) mass is 161 g/mol. The molecule has 0 aliphatic rings. The molecule has 0 spiro atoms. The number of hydrogen-bond acceptors (Lipinski definition) is 0. The highest BCUT2D eigenvalue weighted by Gasteiger charge is 1.95. The van der Waals surface area contributed by atoms with E-state index in [0.29, 0.717) is 0 Å². The Morgan fingerprint density at radius 2 is 2.08 bits per heavy atom. The lowest BCUT2D eigenvalue weighted by molar-refractivity contribution is 0.233. The van der Waals surface area contributed by atoms with Gasteiger partial charge in [0.1, 0.15) is 6.61 Å². The van der Waals surface area contributed by atoms with Gasteiger partial charge in [-0.25, -0.2) is 5.11 Å². The Labute approximate surface area is 73.4 Å². The molecule has 0 aliphatic heterocycles.